The topological polar surface area (TPSA) is 90.1 Å². The zero-order valence-electron chi connectivity index (χ0n) is 19.7. The summed E-state index contributed by atoms with van der Waals surface area (Å²) in [6, 6.07) is 11.8. The lowest BCUT2D eigenvalue weighted by Crippen LogP contribution is -2.55. The number of hydrogen-bond acceptors (Lipinski definition) is 4. The number of hydrogen-bond donors (Lipinski definition) is 3. The van der Waals surface area contributed by atoms with Crippen molar-refractivity contribution in [2.45, 2.75) is 31.6 Å². The Bertz CT molecular complexity index is 1500. The number of halogens is 4. The number of likely N-dealkylation sites (tertiary alicyclic amines) is 1. The van der Waals surface area contributed by atoms with E-state index in [1.165, 1.54) is 19.1 Å². The van der Waals surface area contributed by atoms with Crippen molar-refractivity contribution in [1.29, 1.82) is 0 Å². The number of carbonyl (C=O) groups excluding carboxylic acids is 2. The molecular weight excluding hydrogens is 507 g/mol. The predicted octanol–water partition coefficient (Wildman–Crippen LogP) is 5.22. The van der Waals surface area contributed by atoms with Gasteiger partial charge < -0.3 is 20.5 Å². The maximum absolute atomic E-state index is 13.5. The summed E-state index contributed by atoms with van der Waals surface area (Å²) >= 11 is 6.12. The largest absolute Gasteiger partial charge is 0.433 e. The second-order valence-corrected chi connectivity index (χ2v) is 9.60. The Hall–Kier alpha value is -3.79. The summed E-state index contributed by atoms with van der Waals surface area (Å²) in [7, 11) is 0. The Morgan fingerprint density at radius 2 is 1.86 bits per heavy atom. The molecule has 1 aliphatic heterocycles. The molecule has 2 aromatic carbocycles. The molecule has 4 aromatic rings. The Balaban J connectivity index is 1.41. The van der Waals surface area contributed by atoms with Crippen molar-refractivity contribution in [3.8, 4) is 0 Å². The molecule has 2 amide bonds. The van der Waals surface area contributed by atoms with E-state index in [1.54, 1.807) is 29.3 Å². The van der Waals surface area contributed by atoms with Crippen molar-refractivity contribution in [2.24, 2.45) is 0 Å². The molecule has 0 saturated carbocycles. The third kappa shape index (κ3) is 5.34. The van der Waals surface area contributed by atoms with Crippen LogP contribution in [0.1, 0.15) is 29.4 Å². The molecule has 0 spiro atoms. The summed E-state index contributed by atoms with van der Waals surface area (Å²) in [5.41, 5.74) is 0.602. The van der Waals surface area contributed by atoms with Gasteiger partial charge in [-0.2, -0.15) is 13.2 Å². The van der Waals surface area contributed by atoms with E-state index in [-0.39, 0.29) is 29.6 Å². The number of nitrogens with one attached hydrogen (secondary N) is 3. The molecule has 2 aromatic heterocycles. The molecule has 0 unspecified atom stereocenters. The van der Waals surface area contributed by atoms with Crippen molar-refractivity contribution in [2.75, 3.05) is 18.4 Å². The van der Waals surface area contributed by atoms with Crippen LogP contribution in [-0.4, -0.2) is 51.9 Å². The molecule has 7 nitrogen and oxygen atoms in total. The number of carbonyl (C=O) groups is 2. The summed E-state index contributed by atoms with van der Waals surface area (Å²) < 4.78 is 40.6. The minimum atomic E-state index is -4.64. The van der Waals surface area contributed by atoms with Crippen LogP contribution >= 0.6 is 11.6 Å². The lowest BCUT2D eigenvalue weighted by molar-refractivity contribution is -0.140. The van der Waals surface area contributed by atoms with E-state index in [0.717, 1.165) is 17.0 Å². The second kappa shape index (κ2) is 9.59. The van der Waals surface area contributed by atoms with Gasteiger partial charge in [-0.25, -0.2) is 4.98 Å². The molecule has 0 radical (unpaired) electrons. The van der Waals surface area contributed by atoms with E-state index in [0.29, 0.717) is 28.9 Å². The lowest BCUT2D eigenvalue weighted by atomic mass is 9.99. The molecule has 1 saturated heterocycles. The first-order valence-electron chi connectivity index (χ1n) is 11.6. The molecule has 192 valence electrons. The van der Waals surface area contributed by atoms with Crippen molar-refractivity contribution in [3.63, 3.8) is 0 Å². The van der Waals surface area contributed by atoms with Crippen LogP contribution in [0.4, 0.5) is 18.9 Å². The number of aromatic amines is 1. The number of pyridine rings is 1. The molecule has 1 fully saturated rings. The Morgan fingerprint density at radius 1 is 1.08 bits per heavy atom. The number of nitrogens with zero attached hydrogens (tertiary/aromatic N) is 2. The van der Waals surface area contributed by atoms with Crippen molar-refractivity contribution in [1.82, 2.24) is 20.2 Å². The molecule has 0 bridgehead atoms. The fourth-order valence-electron chi connectivity index (χ4n) is 4.71. The molecule has 1 aliphatic rings. The van der Waals surface area contributed by atoms with Gasteiger partial charge in [0.25, 0.3) is 5.91 Å². The number of alkyl halides is 3. The van der Waals surface area contributed by atoms with Crippen LogP contribution in [0, 0.1) is 0 Å². The average molecular weight is 530 g/mol. The Morgan fingerprint density at radius 3 is 2.62 bits per heavy atom. The van der Waals surface area contributed by atoms with Crippen LogP contribution in [0.2, 0.25) is 5.02 Å². The monoisotopic (exact) mass is 529 g/mol. The van der Waals surface area contributed by atoms with Crippen LogP contribution in [0.25, 0.3) is 21.8 Å². The van der Waals surface area contributed by atoms with Gasteiger partial charge in [0.15, 0.2) is 0 Å². The normalized spacial score (nSPS) is 18.2. The van der Waals surface area contributed by atoms with Crippen molar-refractivity contribution in [3.05, 3.63) is 71.0 Å². The van der Waals surface area contributed by atoms with Gasteiger partial charge >= 0.3 is 6.18 Å². The highest BCUT2D eigenvalue weighted by atomic mass is 35.5. The quantitative estimate of drug-likeness (QED) is 0.338. The highest BCUT2D eigenvalue weighted by Gasteiger charge is 2.35. The first kappa shape index (κ1) is 24.9. The fraction of sp³-hybridized carbons (Fsp3) is 0.269. The number of H-pyrrole nitrogens is 1. The summed E-state index contributed by atoms with van der Waals surface area (Å²) in [5, 5.41) is 7.90. The van der Waals surface area contributed by atoms with E-state index in [4.69, 9.17) is 11.6 Å². The predicted molar refractivity (Wildman–Crippen MR) is 136 cm³/mol. The molecule has 0 aliphatic carbocycles. The van der Waals surface area contributed by atoms with Gasteiger partial charge in [-0.1, -0.05) is 17.7 Å². The summed E-state index contributed by atoms with van der Waals surface area (Å²) in [6.45, 7) is 1.98. The van der Waals surface area contributed by atoms with Crippen LogP contribution < -0.4 is 10.6 Å². The van der Waals surface area contributed by atoms with E-state index in [9.17, 15) is 22.8 Å². The second-order valence-electron chi connectivity index (χ2n) is 9.17. The van der Waals surface area contributed by atoms with Gasteiger partial charge in [-0.15, -0.1) is 0 Å². The van der Waals surface area contributed by atoms with E-state index < -0.39 is 24.0 Å². The van der Waals surface area contributed by atoms with E-state index in [1.807, 2.05) is 12.1 Å². The lowest BCUT2D eigenvalue weighted by Gasteiger charge is -2.38. The number of anilines is 1. The minimum Gasteiger partial charge on any atom is -0.380 e. The Labute approximate surface area is 215 Å². The highest BCUT2D eigenvalue weighted by molar-refractivity contribution is 6.31. The van der Waals surface area contributed by atoms with E-state index in [2.05, 4.69) is 20.6 Å². The summed E-state index contributed by atoms with van der Waals surface area (Å²) in [6.07, 6.45) is -2.46. The molecule has 3 heterocycles. The smallest absolute Gasteiger partial charge is 0.380 e. The molecular formula is C26H23ClF3N5O2. The summed E-state index contributed by atoms with van der Waals surface area (Å²) in [4.78, 5) is 33.6. The molecule has 11 heteroatoms. The fourth-order valence-corrected chi connectivity index (χ4v) is 4.88. The highest BCUT2D eigenvalue weighted by Crippen LogP contribution is 2.35. The van der Waals surface area contributed by atoms with Crippen LogP contribution in [0.3, 0.4) is 0 Å². The van der Waals surface area contributed by atoms with Gasteiger partial charge in [0.05, 0.1) is 5.52 Å². The zero-order valence-corrected chi connectivity index (χ0v) is 20.5. The number of rotatable bonds is 4. The third-order valence-electron chi connectivity index (χ3n) is 6.47. The standard InChI is InChI=1S/C26H23ClF3N5O2/c1-14(36)35-12-18(10-19(13-35)33-25(37)16-3-2-15-6-7-31-22(15)8-16)32-23-11-24(26(28,29)30)34-21-5-4-17(27)9-20(21)23/h2-9,11,18-19,31H,10,12-13H2,1H3,(H,32,34)(H,33,37)/t18-,19+/m1/s1. The van der Waals surface area contributed by atoms with Gasteiger partial charge in [-0.05, 0) is 54.3 Å². The number of piperidine rings is 1. The summed E-state index contributed by atoms with van der Waals surface area (Å²) in [5.74, 6) is -0.497. The molecule has 37 heavy (non-hydrogen) atoms. The van der Waals surface area contributed by atoms with Gasteiger partial charge in [0, 0.05) is 65.5 Å². The van der Waals surface area contributed by atoms with Crippen molar-refractivity contribution < 1.29 is 22.8 Å². The molecule has 5 rings (SSSR count). The minimum absolute atomic E-state index is 0.144. The van der Waals surface area contributed by atoms with E-state index >= 15 is 0 Å². The van der Waals surface area contributed by atoms with Crippen molar-refractivity contribution >= 4 is 50.9 Å². The molecule has 2 atom stereocenters. The SMILES string of the molecule is CC(=O)N1C[C@@H](NC(=O)c2ccc3cc[nH]c3c2)C[C@@H](Nc2cc(C(F)(F)F)nc3ccc(Cl)cc23)C1. The number of amides is 2. The number of fused-ring (bicyclic) bond motifs is 2. The average Bonchev–Trinajstić information content (AvgIpc) is 3.31. The number of benzene rings is 2. The third-order valence-corrected chi connectivity index (χ3v) is 6.70. The maximum Gasteiger partial charge on any atom is 0.433 e. The van der Waals surface area contributed by atoms with Crippen LogP contribution in [0.15, 0.2) is 54.7 Å². The Kier molecular flexibility index (Phi) is 6.45. The van der Waals surface area contributed by atoms with Gasteiger partial charge in [-0.3, -0.25) is 9.59 Å². The zero-order chi connectivity index (χ0) is 26.3. The first-order valence-corrected chi connectivity index (χ1v) is 12.0. The van der Waals surface area contributed by atoms with Gasteiger partial charge in [0.1, 0.15) is 5.69 Å². The number of aromatic nitrogens is 2. The maximum atomic E-state index is 13.5. The first-order chi connectivity index (χ1) is 17.6. The van der Waals surface area contributed by atoms with Crippen LogP contribution in [-0.2, 0) is 11.0 Å². The van der Waals surface area contributed by atoms with Gasteiger partial charge in [0.2, 0.25) is 5.91 Å². The molecule has 3 N–H and O–H groups in total. The van der Waals surface area contributed by atoms with Crippen LogP contribution in [0.5, 0.6) is 0 Å².